The van der Waals surface area contributed by atoms with Crippen molar-refractivity contribution < 1.29 is 9.84 Å². The molecule has 0 aliphatic carbocycles. The van der Waals surface area contributed by atoms with Crippen LogP contribution in [-0.4, -0.2) is 23.3 Å². The summed E-state index contributed by atoms with van der Waals surface area (Å²) in [7, 11) is 0. The van der Waals surface area contributed by atoms with Gasteiger partial charge in [0.2, 0.25) is 5.88 Å². The van der Waals surface area contributed by atoms with Gasteiger partial charge >= 0.3 is 0 Å². The minimum atomic E-state index is -0.189. The lowest BCUT2D eigenvalue weighted by Crippen LogP contribution is -1.97. The van der Waals surface area contributed by atoms with Crippen LogP contribution >= 0.6 is 23.2 Å². The molecule has 0 atom stereocenters. The molecule has 74 valence electrons. The zero-order chi connectivity index (χ0) is 10.4. The Bertz CT molecular complexity index is 371. The Morgan fingerprint density at radius 1 is 1.43 bits per heavy atom. The molecule has 1 aromatic rings. The molecule has 5 heteroatoms. The number of halogens is 2. The third kappa shape index (κ3) is 3.43. The third-order valence-electron chi connectivity index (χ3n) is 1.26. The fraction of sp³-hybridized carbons (Fsp3) is 0.222. The van der Waals surface area contributed by atoms with Gasteiger partial charge in [0.05, 0.1) is 5.02 Å². The molecule has 0 radical (unpaired) electrons. The summed E-state index contributed by atoms with van der Waals surface area (Å²) in [4.78, 5) is 3.86. The van der Waals surface area contributed by atoms with E-state index in [4.69, 9.17) is 33.0 Å². The van der Waals surface area contributed by atoms with Crippen molar-refractivity contribution in [2.75, 3.05) is 13.2 Å². The summed E-state index contributed by atoms with van der Waals surface area (Å²) < 4.78 is 5.11. The minimum Gasteiger partial charge on any atom is -0.463 e. The smallest absolute Gasteiger partial charge is 0.233 e. The van der Waals surface area contributed by atoms with E-state index in [9.17, 15) is 0 Å². The van der Waals surface area contributed by atoms with Gasteiger partial charge in [0.1, 0.15) is 11.6 Å². The molecule has 14 heavy (non-hydrogen) atoms. The molecule has 1 rings (SSSR count). The first-order chi connectivity index (χ1) is 6.74. The molecule has 0 aromatic carbocycles. The van der Waals surface area contributed by atoms with Crippen molar-refractivity contribution in [1.82, 2.24) is 4.98 Å². The van der Waals surface area contributed by atoms with E-state index in [1.54, 1.807) is 0 Å². The fourth-order valence-electron chi connectivity index (χ4n) is 0.720. The van der Waals surface area contributed by atoms with Gasteiger partial charge in [0.15, 0.2) is 6.61 Å². The Kier molecular flexibility index (Phi) is 4.54. The maximum atomic E-state index is 8.37. The van der Waals surface area contributed by atoms with Crippen LogP contribution in [0, 0.1) is 11.8 Å². The highest BCUT2D eigenvalue weighted by Crippen LogP contribution is 2.24. The van der Waals surface area contributed by atoms with Crippen LogP contribution in [0.3, 0.4) is 0 Å². The summed E-state index contributed by atoms with van der Waals surface area (Å²) >= 11 is 11.4. The molecule has 0 saturated heterocycles. The Hall–Kier alpha value is -0.950. The van der Waals surface area contributed by atoms with Crippen LogP contribution in [0.15, 0.2) is 12.3 Å². The van der Waals surface area contributed by atoms with Crippen LogP contribution in [0.5, 0.6) is 5.88 Å². The molecule has 0 spiro atoms. The highest BCUT2D eigenvalue weighted by molar-refractivity contribution is 6.35. The largest absolute Gasteiger partial charge is 0.463 e. The first-order valence-corrected chi connectivity index (χ1v) is 4.50. The Labute approximate surface area is 91.6 Å². The van der Waals surface area contributed by atoms with Gasteiger partial charge in [0, 0.05) is 6.20 Å². The zero-order valence-electron chi connectivity index (χ0n) is 7.13. The Morgan fingerprint density at radius 3 is 2.86 bits per heavy atom. The van der Waals surface area contributed by atoms with Gasteiger partial charge in [0.25, 0.3) is 0 Å². The van der Waals surface area contributed by atoms with E-state index in [2.05, 4.69) is 16.8 Å². The predicted molar refractivity (Wildman–Crippen MR) is 54.6 cm³/mol. The van der Waals surface area contributed by atoms with E-state index in [0.717, 1.165) is 0 Å². The van der Waals surface area contributed by atoms with E-state index in [0.29, 0.717) is 10.0 Å². The SMILES string of the molecule is OCC#CCOc1ncc(Cl)cc1Cl. The average Bonchev–Trinajstić information content (AvgIpc) is 2.15. The number of nitrogens with zero attached hydrogens (tertiary/aromatic N) is 1. The minimum absolute atomic E-state index is 0.134. The monoisotopic (exact) mass is 231 g/mol. The Morgan fingerprint density at radius 2 is 2.21 bits per heavy atom. The number of aliphatic hydroxyl groups is 1. The Balaban J connectivity index is 2.59. The number of hydrogen-bond acceptors (Lipinski definition) is 3. The summed E-state index contributed by atoms with van der Waals surface area (Å²) in [6.45, 7) is -0.0555. The molecular weight excluding hydrogens is 225 g/mol. The van der Waals surface area contributed by atoms with E-state index in [1.807, 2.05) is 0 Å². The highest BCUT2D eigenvalue weighted by atomic mass is 35.5. The van der Waals surface area contributed by atoms with E-state index >= 15 is 0 Å². The number of hydrogen-bond donors (Lipinski definition) is 1. The number of ether oxygens (including phenoxy) is 1. The summed E-state index contributed by atoms with van der Waals surface area (Å²) in [5, 5.41) is 9.15. The van der Waals surface area contributed by atoms with Crippen LogP contribution in [0.4, 0.5) is 0 Å². The topological polar surface area (TPSA) is 42.4 Å². The summed E-state index contributed by atoms with van der Waals surface area (Å²) in [5.41, 5.74) is 0. The van der Waals surface area contributed by atoms with Crippen LogP contribution in [0.1, 0.15) is 0 Å². The standard InChI is InChI=1S/C9H7Cl2NO2/c10-7-5-8(11)9(12-6-7)14-4-2-1-3-13/h5-6,13H,3-4H2. The van der Waals surface area contributed by atoms with Gasteiger partial charge in [-0.3, -0.25) is 0 Å². The van der Waals surface area contributed by atoms with Crippen molar-refractivity contribution in [3.05, 3.63) is 22.3 Å². The van der Waals surface area contributed by atoms with E-state index in [1.165, 1.54) is 12.3 Å². The fourth-order valence-corrected chi connectivity index (χ4v) is 1.15. The second-order valence-electron chi connectivity index (χ2n) is 2.24. The van der Waals surface area contributed by atoms with Crippen LogP contribution in [0.25, 0.3) is 0 Å². The van der Waals surface area contributed by atoms with Gasteiger partial charge in [-0.25, -0.2) is 4.98 Å². The molecule has 1 N–H and O–H groups in total. The van der Waals surface area contributed by atoms with Gasteiger partial charge < -0.3 is 9.84 Å². The predicted octanol–water partition coefficient (Wildman–Crippen LogP) is 1.76. The lowest BCUT2D eigenvalue weighted by molar-refractivity contribution is 0.344. The maximum Gasteiger partial charge on any atom is 0.233 e. The summed E-state index contributed by atoms with van der Waals surface area (Å²) in [6.07, 6.45) is 1.43. The second kappa shape index (κ2) is 5.71. The number of rotatable bonds is 2. The second-order valence-corrected chi connectivity index (χ2v) is 3.08. The highest BCUT2D eigenvalue weighted by Gasteiger charge is 2.02. The van der Waals surface area contributed by atoms with Gasteiger partial charge in [-0.15, -0.1) is 0 Å². The maximum absolute atomic E-state index is 8.37. The zero-order valence-corrected chi connectivity index (χ0v) is 8.64. The normalized spacial score (nSPS) is 9.07. The van der Waals surface area contributed by atoms with Crippen LogP contribution in [0.2, 0.25) is 10.0 Å². The summed E-state index contributed by atoms with van der Waals surface area (Å²) in [6, 6.07) is 1.53. The van der Waals surface area contributed by atoms with Crippen molar-refractivity contribution in [3.63, 3.8) is 0 Å². The molecule has 0 fully saturated rings. The van der Waals surface area contributed by atoms with Crippen molar-refractivity contribution in [3.8, 4) is 17.7 Å². The van der Waals surface area contributed by atoms with Crippen molar-refractivity contribution in [1.29, 1.82) is 0 Å². The molecule has 1 heterocycles. The van der Waals surface area contributed by atoms with Crippen LogP contribution < -0.4 is 4.74 Å². The first kappa shape index (κ1) is 11.1. The molecule has 0 amide bonds. The van der Waals surface area contributed by atoms with Crippen molar-refractivity contribution in [2.24, 2.45) is 0 Å². The third-order valence-corrected chi connectivity index (χ3v) is 1.74. The first-order valence-electron chi connectivity index (χ1n) is 3.74. The number of aromatic nitrogens is 1. The van der Waals surface area contributed by atoms with Crippen molar-refractivity contribution >= 4 is 23.2 Å². The van der Waals surface area contributed by atoms with Gasteiger partial charge in [-0.2, -0.15) is 0 Å². The number of aliphatic hydroxyl groups excluding tert-OH is 1. The molecule has 0 saturated carbocycles. The molecule has 0 aliphatic heterocycles. The van der Waals surface area contributed by atoms with Gasteiger partial charge in [-0.1, -0.05) is 35.0 Å². The number of pyridine rings is 1. The molecule has 0 aliphatic rings. The molecule has 3 nitrogen and oxygen atoms in total. The summed E-state index contributed by atoms with van der Waals surface area (Å²) in [5.74, 6) is 5.29. The quantitative estimate of drug-likeness (QED) is 0.790. The van der Waals surface area contributed by atoms with E-state index < -0.39 is 0 Å². The average molecular weight is 232 g/mol. The lowest BCUT2D eigenvalue weighted by Gasteiger charge is -2.02. The molecule has 0 bridgehead atoms. The molecule has 0 unspecified atom stereocenters. The molecular formula is C9H7Cl2NO2. The lowest BCUT2D eigenvalue weighted by atomic mass is 10.5. The molecule has 1 aromatic heterocycles. The van der Waals surface area contributed by atoms with Crippen LogP contribution in [-0.2, 0) is 0 Å². The van der Waals surface area contributed by atoms with Crippen molar-refractivity contribution in [2.45, 2.75) is 0 Å². The van der Waals surface area contributed by atoms with Gasteiger partial charge in [-0.05, 0) is 6.07 Å². The van der Waals surface area contributed by atoms with E-state index in [-0.39, 0.29) is 19.1 Å².